The number of likely N-dealkylation sites (tertiary alicyclic amines) is 1. The van der Waals surface area contributed by atoms with Crippen molar-refractivity contribution in [1.29, 1.82) is 0 Å². The summed E-state index contributed by atoms with van der Waals surface area (Å²) in [4.78, 5) is 14.5. The van der Waals surface area contributed by atoms with Gasteiger partial charge < -0.3 is 10.0 Å². The van der Waals surface area contributed by atoms with E-state index in [2.05, 4.69) is 4.90 Å². The summed E-state index contributed by atoms with van der Waals surface area (Å²) in [6.45, 7) is 3.70. The number of rotatable bonds is 7. The Bertz CT molecular complexity index is 408. The Kier molecular flexibility index (Phi) is 6.06. The Balaban J connectivity index is 1.58. The van der Waals surface area contributed by atoms with Crippen molar-refractivity contribution in [2.45, 2.75) is 44.9 Å². The van der Waals surface area contributed by atoms with Gasteiger partial charge in [0.1, 0.15) is 5.75 Å². The van der Waals surface area contributed by atoms with E-state index in [9.17, 15) is 9.90 Å². The number of aromatic hydroxyl groups is 1. The van der Waals surface area contributed by atoms with Crippen LogP contribution in [0.25, 0.3) is 0 Å². The molecule has 1 aliphatic heterocycles. The Hall–Kier alpha value is -1.35. The first-order valence-electron chi connectivity index (χ1n) is 7.80. The number of Topliss-reactive ketones (excluding diaryl/α,β-unsaturated/α-hetero) is 1. The average Bonchev–Trinajstić information content (AvgIpc) is 2.48. The lowest BCUT2D eigenvalue weighted by atomic mass is 10.0. The van der Waals surface area contributed by atoms with Gasteiger partial charge in [-0.2, -0.15) is 0 Å². The van der Waals surface area contributed by atoms with Gasteiger partial charge in [0.05, 0.1) is 0 Å². The molecular formula is C17H25NO2. The van der Waals surface area contributed by atoms with E-state index in [4.69, 9.17) is 0 Å². The van der Waals surface area contributed by atoms with E-state index < -0.39 is 0 Å². The van der Waals surface area contributed by atoms with Crippen molar-refractivity contribution in [2.24, 2.45) is 0 Å². The van der Waals surface area contributed by atoms with Crippen LogP contribution in [0.1, 0.15) is 55.3 Å². The van der Waals surface area contributed by atoms with E-state index in [1.807, 2.05) is 0 Å². The normalized spacial score (nSPS) is 16.2. The molecule has 0 aromatic heterocycles. The minimum absolute atomic E-state index is 0.183. The Morgan fingerprint density at radius 2 is 1.70 bits per heavy atom. The van der Waals surface area contributed by atoms with Crippen LogP contribution in [0.2, 0.25) is 0 Å². The average molecular weight is 275 g/mol. The first-order chi connectivity index (χ1) is 9.75. The van der Waals surface area contributed by atoms with Crippen molar-refractivity contribution < 1.29 is 9.90 Å². The summed E-state index contributed by atoms with van der Waals surface area (Å²) in [7, 11) is 0. The smallest absolute Gasteiger partial charge is 0.162 e. The molecule has 1 fully saturated rings. The van der Waals surface area contributed by atoms with Gasteiger partial charge in [-0.25, -0.2) is 0 Å². The topological polar surface area (TPSA) is 40.5 Å². The number of phenolic OH excluding ortho intramolecular Hbond substituents is 1. The summed E-state index contributed by atoms with van der Waals surface area (Å²) in [6.07, 6.45) is 7.98. The van der Waals surface area contributed by atoms with E-state index in [-0.39, 0.29) is 11.5 Å². The standard InChI is InChI=1S/C17H25NO2/c19-16-10-8-15(9-11-16)17(20)7-3-1-4-12-18-13-5-2-6-14-18/h8-11,19H,1-7,12-14H2. The zero-order valence-electron chi connectivity index (χ0n) is 12.2. The van der Waals surface area contributed by atoms with Crippen LogP contribution in [0, 0.1) is 0 Å². The van der Waals surface area contributed by atoms with Gasteiger partial charge in [-0.3, -0.25) is 4.79 Å². The number of unbranched alkanes of at least 4 members (excludes halogenated alkanes) is 2. The van der Waals surface area contributed by atoms with Crippen molar-refractivity contribution in [1.82, 2.24) is 4.90 Å². The maximum absolute atomic E-state index is 11.9. The van der Waals surface area contributed by atoms with Gasteiger partial charge >= 0.3 is 0 Å². The molecule has 1 aromatic rings. The number of carbonyl (C=O) groups excluding carboxylic acids is 1. The molecule has 2 rings (SSSR count). The molecule has 0 bridgehead atoms. The predicted octanol–water partition coefficient (Wildman–Crippen LogP) is 3.62. The molecule has 0 atom stereocenters. The van der Waals surface area contributed by atoms with Crippen LogP contribution in [0.15, 0.2) is 24.3 Å². The zero-order valence-corrected chi connectivity index (χ0v) is 12.2. The van der Waals surface area contributed by atoms with E-state index in [0.717, 1.165) is 12.8 Å². The first kappa shape index (κ1) is 15.0. The summed E-state index contributed by atoms with van der Waals surface area (Å²) in [6, 6.07) is 6.55. The monoisotopic (exact) mass is 275 g/mol. The second-order valence-electron chi connectivity index (χ2n) is 5.68. The van der Waals surface area contributed by atoms with Crippen LogP contribution < -0.4 is 0 Å². The SMILES string of the molecule is O=C(CCCCCN1CCCCC1)c1ccc(O)cc1. The highest BCUT2D eigenvalue weighted by Gasteiger charge is 2.09. The lowest BCUT2D eigenvalue weighted by molar-refractivity contribution is 0.0978. The van der Waals surface area contributed by atoms with Gasteiger partial charge in [-0.15, -0.1) is 0 Å². The molecule has 1 heterocycles. The molecule has 0 aliphatic carbocycles. The molecule has 1 aliphatic rings. The third kappa shape index (κ3) is 4.97. The zero-order chi connectivity index (χ0) is 14.2. The summed E-state index contributed by atoms with van der Waals surface area (Å²) >= 11 is 0. The van der Waals surface area contributed by atoms with E-state index in [0.29, 0.717) is 12.0 Å². The number of hydrogen-bond donors (Lipinski definition) is 1. The molecule has 110 valence electrons. The van der Waals surface area contributed by atoms with E-state index in [1.54, 1.807) is 24.3 Å². The molecule has 0 radical (unpaired) electrons. The molecule has 0 saturated carbocycles. The van der Waals surface area contributed by atoms with Crippen LogP contribution >= 0.6 is 0 Å². The second-order valence-corrected chi connectivity index (χ2v) is 5.68. The maximum atomic E-state index is 11.9. The van der Waals surface area contributed by atoms with Crippen LogP contribution in [0.5, 0.6) is 5.75 Å². The molecular weight excluding hydrogens is 250 g/mol. The van der Waals surface area contributed by atoms with Crippen molar-refractivity contribution in [3.63, 3.8) is 0 Å². The van der Waals surface area contributed by atoms with Gasteiger partial charge in [0.15, 0.2) is 5.78 Å². The van der Waals surface area contributed by atoms with Gasteiger partial charge in [-0.05, 0) is 69.6 Å². The number of hydrogen-bond acceptors (Lipinski definition) is 3. The highest BCUT2D eigenvalue weighted by Crippen LogP contribution is 2.14. The number of phenols is 1. The van der Waals surface area contributed by atoms with Gasteiger partial charge in [-0.1, -0.05) is 12.8 Å². The molecule has 1 N–H and O–H groups in total. The molecule has 3 nitrogen and oxygen atoms in total. The van der Waals surface area contributed by atoms with Crippen molar-refractivity contribution >= 4 is 5.78 Å². The summed E-state index contributed by atoms with van der Waals surface area (Å²) < 4.78 is 0. The quantitative estimate of drug-likeness (QED) is 0.610. The lowest BCUT2D eigenvalue weighted by Gasteiger charge is -2.26. The number of piperidine rings is 1. The van der Waals surface area contributed by atoms with E-state index >= 15 is 0 Å². The third-order valence-corrected chi connectivity index (χ3v) is 4.02. The van der Waals surface area contributed by atoms with Gasteiger partial charge in [0.2, 0.25) is 0 Å². The van der Waals surface area contributed by atoms with Gasteiger partial charge in [0.25, 0.3) is 0 Å². The fraction of sp³-hybridized carbons (Fsp3) is 0.588. The Morgan fingerprint density at radius 1 is 1.00 bits per heavy atom. The molecule has 0 amide bonds. The Labute approximate surface area is 121 Å². The fourth-order valence-corrected chi connectivity index (χ4v) is 2.77. The molecule has 0 spiro atoms. The van der Waals surface area contributed by atoms with Crippen molar-refractivity contribution in [3.8, 4) is 5.75 Å². The van der Waals surface area contributed by atoms with Crippen molar-refractivity contribution in [3.05, 3.63) is 29.8 Å². The van der Waals surface area contributed by atoms with Crippen LogP contribution in [0.3, 0.4) is 0 Å². The van der Waals surface area contributed by atoms with Crippen molar-refractivity contribution in [2.75, 3.05) is 19.6 Å². The minimum Gasteiger partial charge on any atom is -0.508 e. The third-order valence-electron chi connectivity index (χ3n) is 4.02. The lowest BCUT2D eigenvalue weighted by Crippen LogP contribution is -2.30. The van der Waals surface area contributed by atoms with Crippen LogP contribution in [0.4, 0.5) is 0 Å². The number of benzene rings is 1. The summed E-state index contributed by atoms with van der Waals surface area (Å²) in [5.41, 5.74) is 0.707. The fourth-order valence-electron chi connectivity index (χ4n) is 2.77. The van der Waals surface area contributed by atoms with Crippen LogP contribution in [-0.2, 0) is 0 Å². The number of ketones is 1. The first-order valence-corrected chi connectivity index (χ1v) is 7.80. The number of nitrogens with zero attached hydrogens (tertiary/aromatic N) is 1. The molecule has 20 heavy (non-hydrogen) atoms. The number of carbonyl (C=O) groups is 1. The maximum Gasteiger partial charge on any atom is 0.162 e. The second kappa shape index (κ2) is 8.05. The Morgan fingerprint density at radius 3 is 2.40 bits per heavy atom. The van der Waals surface area contributed by atoms with E-state index in [1.165, 1.54) is 45.3 Å². The predicted molar refractivity (Wildman–Crippen MR) is 81.2 cm³/mol. The minimum atomic E-state index is 0.183. The highest BCUT2D eigenvalue weighted by molar-refractivity contribution is 5.96. The largest absolute Gasteiger partial charge is 0.508 e. The van der Waals surface area contributed by atoms with Crippen LogP contribution in [-0.4, -0.2) is 35.4 Å². The summed E-state index contributed by atoms with van der Waals surface area (Å²) in [5, 5.41) is 9.19. The summed E-state index contributed by atoms with van der Waals surface area (Å²) in [5.74, 6) is 0.394. The molecule has 1 saturated heterocycles. The molecule has 1 aromatic carbocycles. The molecule has 3 heteroatoms. The molecule has 0 unspecified atom stereocenters. The highest BCUT2D eigenvalue weighted by atomic mass is 16.3. The van der Waals surface area contributed by atoms with Gasteiger partial charge in [0, 0.05) is 12.0 Å².